The largest absolute Gasteiger partial charge is 0.459 e. The molecule has 3 amide bonds. The van der Waals surface area contributed by atoms with Crippen molar-refractivity contribution in [2.45, 2.75) is 12.8 Å². The van der Waals surface area contributed by atoms with E-state index in [1.54, 1.807) is 29.2 Å². The fraction of sp³-hybridized carbons (Fsp3) is 0.296. The van der Waals surface area contributed by atoms with Crippen molar-refractivity contribution < 1.29 is 23.2 Å². The van der Waals surface area contributed by atoms with Gasteiger partial charge in [0.1, 0.15) is 5.82 Å². The van der Waals surface area contributed by atoms with Crippen LogP contribution in [0.1, 0.15) is 44.1 Å². The van der Waals surface area contributed by atoms with Crippen LogP contribution < -0.4 is 10.2 Å². The first kappa shape index (κ1) is 23.6. The molecule has 36 heavy (non-hydrogen) atoms. The molecule has 5 rings (SSSR count). The van der Waals surface area contributed by atoms with Gasteiger partial charge in [-0.3, -0.25) is 14.4 Å². The standard InChI is InChI=1S/C27H27FN4O4/c28-20-6-3-5-19(17-20)25(33)29-21-8-9-23(22(18-21)26(34)31-10-1-2-11-31)30-12-14-32(15-13-30)27(35)24-7-4-16-36-24/h3-9,16-18H,1-2,10-15H2,(H,29,33). The highest BCUT2D eigenvalue weighted by Crippen LogP contribution is 2.29. The third-order valence-electron chi connectivity index (χ3n) is 6.60. The van der Waals surface area contributed by atoms with Crippen LogP contribution in [0.2, 0.25) is 0 Å². The van der Waals surface area contributed by atoms with E-state index < -0.39 is 11.7 Å². The van der Waals surface area contributed by atoms with E-state index in [9.17, 15) is 18.8 Å². The number of nitrogens with zero attached hydrogens (tertiary/aromatic N) is 3. The average Bonchev–Trinajstić information content (AvgIpc) is 3.63. The molecule has 1 N–H and O–H groups in total. The van der Waals surface area contributed by atoms with Gasteiger partial charge in [-0.1, -0.05) is 6.07 Å². The van der Waals surface area contributed by atoms with E-state index in [-0.39, 0.29) is 17.4 Å². The number of carbonyl (C=O) groups excluding carboxylic acids is 3. The van der Waals surface area contributed by atoms with E-state index in [0.29, 0.717) is 56.3 Å². The molecular formula is C27H27FN4O4. The third kappa shape index (κ3) is 4.95. The Balaban J connectivity index is 1.36. The Kier molecular flexibility index (Phi) is 6.71. The lowest BCUT2D eigenvalue weighted by atomic mass is 10.1. The fourth-order valence-corrected chi connectivity index (χ4v) is 4.69. The number of furan rings is 1. The topological polar surface area (TPSA) is 86.1 Å². The quantitative estimate of drug-likeness (QED) is 0.587. The smallest absolute Gasteiger partial charge is 0.289 e. The minimum Gasteiger partial charge on any atom is -0.459 e. The highest BCUT2D eigenvalue weighted by molar-refractivity contribution is 6.06. The van der Waals surface area contributed by atoms with Gasteiger partial charge in [-0.2, -0.15) is 0 Å². The van der Waals surface area contributed by atoms with Crippen molar-refractivity contribution >= 4 is 29.1 Å². The van der Waals surface area contributed by atoms with Crippen LogP contribution in [0.5, 0.6) is 0 Å². The summed E-state index contributed by atoms with van der Waals surface area (Å²) in [6.45, 7) is 3.50. The van der Waals surface area contributed by atoms with Crippen LogP contribution in [0.4, 0.5) is 15.8 Å². The van der Waals surface area contributed by atoms with Crippen LogP contribution in [-0.2, 0) is 0 Å². The van der Waals surface area contributed by atoms with Crippen LogP contribution in [-0.4, -0.2) is 66.8 Å². The number of amides is 3. The Morgan fingerprint density at radius 2 is 1.56 bits per heavy atom. The number of carbonyl (C=O) groups is 3. The Morgan fingerprint density at radius 3 is 2.25 bits per heavy atom. The average molecular weight is 491 g/mol. The maximum atomic E-state index is 13.6. The maximum absolute atomic E-state index is 13.6. The second kappa shape index (κ2) is 10.2. The van der Waals surface area contributed by atoms with E-state index in [0.717, 1.165) is 18.5 Å². The summed E-state index contributed by atoms with van der Waals surface area (Å²) in [5, 5.41) is 2.78. The normalized spacial score (nSPS) is 15.8. The number of likely N-dealkylation sites (tertiary alicyclic amines) is 1. The van der Waals surface area contributed by atoms with Crippen molar-refractivity contribution in [3.05, 3.63) is 83.6 Å². The molecule has 0 aliphatic carbocycles. The van der Waals surface area contributed by atoms with Crippen molar-refractivity contribution in [1.29, 1.82) is 0 Å². The zero-order chi connectivity index (χ0) is 25.1. The second-order valence-electron chi connectivity index (χ2n) is 8.95. The van der Waals surface area contributed by atoms with Crippen LogP contribution in [0.25, 0.3) is 0 Å². The van der Waals surface area contributed by atoms with Crippen molar-refractivity contribution in [1.82, 2.24) is 9.80 Å². The molecule has 3 aromatic rings. The lowest BCUT2D eigenvalue weighted by Gasteiger charge is -2.37. The summed E-state index contributed by atoms with van der Waals surface area (Å²) in [6, 6.07) is 14.1. The van der Waals surface area contributed by atoms with Gasteiger partial charge in [0.15, 0.2) is 5.76 Å². The molecule has 2 aliphatic rings. The zero-order valence-corrected chi connectivity index (χ0v) is 19.8. The van der Waals surface area contributed by atoms with Gasteiger partial charge < -0.3 is 24.4 Å². The summed E-state index contributed by atoms with van der Waals surface area (Å²) in [5.74, 6) is -0.868. The summed E-state index contributed by atoms with van der Waals surface area (Å²) >= 11 is 0. The van der Waals surface area contributed by atoms with E-state index >= 15 is 0 Å². The highest BCUT2D eigenvalue weighted by atomic mass is 19.1. The van der Waals surface area contributed by atoms with Crippen molar-refractivity contribution in [2.24, 2.45) is 0 Å². The molecule has 186 valence electrons. The molecule has 0 atom stereocenters. The van der Waals surface area contributed by atoms with Gasteiger partial charge in [0.2, 0.25) is 0 Å². The lowest BCUT2D eigenvalue weighted by Crippen LogP contribution is -2.49. The second-order valence-corrected chi connectivity index (χ2v) is 8.95. The molecule has 0 saturated carbocycles. The van der Waals surface area contributed by atoms with Gasteiger partial charge >= 0.3 is 0 Å². The van der Waals surface area contributed by atoms with E-state index in [1.807, 2.05) is 11.0 Å². The molecule has 2 aromatic carbocycles. The Morgan fingerprint density at radius 1 is 0.806 bits per heavy atom. The Bertz CT molecular complexity index is 1260. The van der Waals surface area contributed by atoms with Gasteiger partial charge in [0.05, 0.1) is 11.8 Å². The maximum Gasteiger partial charge on any atom is 0.289 e. The number of anilines is 2. The van der Waals surface area contributed by atoms with E-state index in [2.05, 4.69) is 10.2 Å². The highest BCUT2D eigenvalue weighted by Gasteiger charge is 2.28. The van der Waals surface area contributed by atoms with Crippen molar-refractivity contribution in [2.75, 3.05) is 49.5 Å². The minimum absolute atomic E-state index is 0.0848. The minimum atomic E-state index is -0.493. The number of halogens is 1. The first-order valence-electron chi connectivity index (χ1n) is 12.1. The first-order valence-corrected chi connectivity index (χ1v) is 12.1. The number of rotatable bonds is 5. The molecule has 0 spiro atoms. The van der Waals surface area contributed by atoms with Crippen LogP contribution >= 0.6 is 0 Å². The van der Waals surface area contributed by atoms with E-state index in [4.69, 9.17) is 4.42 Å². The summed E-state index contributed by atoms with van der Waals surface area (Å²) in [5.41, 5.74) is 1.92. The predicted octanol–water partition coefficient (Wildman–Crippen LogP) is 3.87. The van der Waals surface area contributed by atoms with Crippen LogP contribution in [0.3, 0.4) is 0 Å². The molecule has 2 saturated heterocycles. The number of nitrogens with one attached hydrogen (secondary N) is 1. The molecule has 0 unspecified atom stereocenters. The molecule has 0 bridgehead atoms. The molecule has 9 heteroatoms. The number of hydrogen-bond donors (Lipinski definition) is 1. The summed E-state index contributed by atoms with van der Waals surface area (Å²) in [7, 11) is 0. The Labute approximate surface area is 208 Å². The number of hydrogen-bond acceptors (Lipinski definition) is 5. The SMILES string of the molecule is O=C(Nc1ccc(N2CCN(C(=O)c3ccco3)CC2)c(C(=O)N2CCCC2)c1)c1cccc(F)c1. The molecule has 2 aliphatic heterocycles. The van der Waals surface area contributed by atoms with Gasteiger partial charge in [0.25, 0.3) is 17.7 Å². The summed E-state index contributed by atoms with van der Waals surface area (Å²) in [4.78, 5) is 44.4. The third-order valence-corrected chi connectivity index (χ3v) is 6.60. The first-order chi connectivity index (χ1) is 17.5. The molecule has 0 radical (unpaired) electrons. The van der Waals surface area contributed by atoms with Crippen LogP contribution in [0.15, 0.2) is 65.3 Å². The summed E-state index contributed by atoms with van der Waals surface area (Å²) in [6.07, 6.45) is 3.41. The van der Waals surface area contributed by atoms with Crippen molar-refractivity contribution in [3.8, 4) is 0 Å². The molecule has 1 aromatic heterocycles. The zero-order valence-electron chi connectivity index (χ0n) is 19.8. The molecular weight excluding hydrogens is 463 g/mol. The monoisotopic (exact) mass is 490 g/mol. The summed E-state index contributed by atoms with van der Waals surface area (Å²) < 4.78 is 18.8. The van der Waals surface area contributed by atoms with Gasteiger partial charge in [-0.05, 0) is 61.4 Å². The molecule has 8 nitrogen and oxygen atoms in total. The van der Waals surface area contributed by atoms with Gasteiger partial charge in [-0.15, -0.1) is 0 Å². The van der Waals surface area contributed by atoms with Crippen molar-refractivity contribution in [3.63, 3.8) is 0 Å². The van der Waals surface area contributed by atoms with E-state index in [1.165, 1.54) is 30.5 Å². The fourth-order valence-electron chi connectivity index (χ4n) is 4.69. The van der Waals surface area contributed by atoms with Gasteiger partial charge in [0, 0.05) is 56.2 Å². The number of benzene rings is 2. The predicted molar refractivity (Wildman–Crippen MR) is 133 cm³/mol. The lowest BCUT2D eigenvalue weighted by molar-refractivity contribution is 0.0712. The molecule has 3 heterocycles. The molecule has 2 fully saturated rings. The van der Waals surface area contributed by atoms with Gasteiger partial charge in [-0.25, -0.2) is 4.39 Å². The Hall–Kier alpha value is -4.14. The number of piperazine rings is 1. The van der Waals surface area contributed by atoms with Crippen LogP contribution in [0, 0.1) is 5.82 Å².